The maximum Gasteiger partial charge on any atom is 0.264 e. The number of anilines is 3. The minimum atomic E-state index is -3.85. The number of para-hydroxylation sites is 1. The van der Waals surface area contributed by atoms with Gasteiger partial charge in [-0.05, 0) is 48.4 Å². The number of fused-ring (bicyclic) bond motifs is 1. The number of rotatable bonds is 6. The molecule has 0 saturated carbocycles. The standard InChI is InChI=1S/C23H24N4O4S/c1-26(2)22-19(8-6-13-24-22)25-23(28)18-15-17(10-11-21(18)31-3)32(29,30)27-14-12-16-7-4-5-9-20(16)27/h4-11,13,15H,12,14H2,1-3H3,(H,25,28). The molecule has 0 aliphatic carbocycles. The smallest absolute Gasteiger partial charge is 0.264 e. The Morgan fingerprint density at radius 2 is 1.91 bits per heavy atom. The number of hydrogen-bond acceptors (Lipinski definition) is 6. The third kappa shape index (κ3) is 3.87. The Labute approximate surface area is 187 Å². The average molecular weight is 453 g/mol. The van der Waals surface area contributed by atoms with E-state index in [1.165, 1.54) is 29.6 Å². The molecule has 32 heavy (non-hydrogen) atoms. The van der Waals surface area contributed by atoms with Crippen LogP contribution < -0.4 is 19.3 Å². The van der Waals surface area contributed by atoms with Crippen LogP contribution >= 0.6 is 0 Å². The topological polar surface area (TPSA) is 91.8 Å². The molecule has 166 valence electrons. The lowest BCUT2D eigenvalue weighted by molar-refractivity contribution is 0.102. The Kier molecular flexibility index (Phi) is 5.75. The molecule has 0 radical (unpaired) electrons. The van der Waals surface area contributed by atoms with Gasteiger partial charge in [0.05, 0.1) is 28.9 Å². The van der Waals surface area contributed by atoms with Gasteiger partial charge in [-0.15, -0.1) is 0 Å². The quantitative estimate of drug-likeness (QED) is 0.618. The molecule has 3 aromatic rings. The number of aromatic nitrogens is 1. The molecule has 1 aromatic heterocycles. The van der Waals surface area contributed by atoms with Crippen LogP contribution in [0.1, 0.15) is 15.9 Å². The molecule has 1 amide bonds. The number of pyridine rings is 1. The number of methoxy groups -OCH3 is 1. The van der Waals surface area contributed by atoms with Gasteiger partial charge in [0.25, 0.3) is 15.9 Å². The lowest BCUT2D eigenvalue weighted by atomic mass is 10.2. The Morgan fingerprint density at radius 1 is 1.12 bits per heavy atom. The third-order valence-electron chi connectivity index (χ3n) is 5.31. The largest absolute Gasteiger partial charge is 0.496 e. The molecule has 1 aliphatic heterocycles. The molecule has 2 aromatic carbocycles. The van der Waals surface area contributed by atoms with Crippen LogP contribution in [0.25, 0.3) is 0 Å². The van der Waals surface area contributed by atoms with Gasteiger partial charge in [0.1, 0.15) is 5.75 Å². The summed E-state index contributed by atoms with van der Waals surface area (Å²) in [6.07, 6.45) is 2.28. The molecule has 0 unspecified atom stereocenters. The van der Waals surface area contributed by atoms with Crippen molar-refractivity contribution in [2.24, 2.45) is 0 Å². The normalized spacial score (nSPS) is 12.9. The number of nitrogens with zero attached hydrogens (tertiary/aromatic N) is 3. The Bertz CT molecular complexity index is 1270. The Morgan fingerprint density at radius 3 is 2.66 bits per heavy atom. The van der Waals surface area contributed by atoms with E-state index in [-0.39, 0.29) is 16.2 Å². The van der Waals surface area contributed by atoms with E-state index in [0.29, 0.717) is 30.2 Å². The monoisotopic (exact) mass is 452 g/mol. The fourth-order valence-corrected chi connectivity index (χ4v) is 5.28. The minimum Gasteiger partial charge on any atom is -0.496 e. The van der Waals surface area contributed by atoms with Gasteiger partial charge in [0.15, 0.2) is 5.82 Å². The maximum absolute atomic E-state index is 13.4. The molecular weight excluding hydrogens is 428 g/mol. The molecule has 8 nitrogen and oxygen atoms in total. The summed E-state index contributed by atoms with van der Waals surface area (Å²) < 4.78 is 33.5. The molecule has 0 atom stereocenters. The van der Waals surface area contributed by atoms with Crippen LogP contribution in [0.5, 0.6) is 5.75 Å². The van der Waals surface area contributed by atoms with Crippen molar-refractivity contribution in [3.05, 3.63) is 71.9 Å². The van der Waals surface area contributed by atoms with Gasteiger partial charge in [-0.2, -0.15) is 0 Å². The van der Waals surface area contributed by atoms with Crippen LogP contribution in [0.2, 0.25) is 0 Å². The first kappa shape index (κ1) is 21.6. The number of amides is 1. The molecule has 1 aliphatic rings. The van der Waals surface area contributed by atoms with E-state index < -0.39 is 15.9 Å². The van der Waals surface area contributed by atoms with Gasteiger partial charge < -0.3 is 15.0 Å². The van der Waals surface area contributed by atoms with Crippen molar-refractivity contribution >= 4 is 33.1 Å². The summed E-state index contributed by atoms with van der Waals surface area (Å²) >= 11 is 0. The van der Waals surface area contributed by atoms with E-state index in [0.717, 1.165) is 5.56 Å². The first-order chi connectivity index (χ1) is 15.3. The highest BCUT2D eigenvalue weighted by Gasteiger charge is 2.31. The molecular formula is C23H24N4O4S. The molecule has 0 fully saturated rings. The van der Waals surface area contributed by atoms with E-state index in [1.807, 2.05) is 32.3 Å². The van der Waals surface area contributed by atoms with E-state index in [4.69, 9.17) is 4.74 Å². The zero-order chi connectivity index (χ0) is 22.9. The van der Waals surface area contributed by atoms with Crippen molar-refractivity contribution in [2.75, 3.05) is 42.3 Å². The number of benzene rings is 2. The Balaban J connectivity index is 1.70. The second kappa shape index (κ2) is 8.51. The van der Waals surface area contributed by atoms with Crippen molar-refractivity contribution in [3.8, 4) is 5.75 Å². The van der Waals surface area contributed by atoms with Gasteiger partial charge in [-0.1, -0.05) is 18.2 Å². The van der Waals surface area contributed by atoms with Crippen molar-refractivity contribution in [1.29, 1.82) is 0 Å². The summed E-state index contributed by atoms with van der Waals surface area (Å²) in [5.41, 5.74) is 2.27. The molecule has 2 heterocycles. The molecule has 9 heteroatoms. The first-order valence-corrected chi connectivity index (χ1v) is 11.5. The first-order valence-electron chi connectivity index (χ1n) is 10.1. The highest BCUT2D eigenvalue weighted by molar-refractivity contribution is 7.92. The molecule has 0 saturated heterocycles. The number of ether oxygens (including phenoxy) is 1. The van der Waals surface area contributed by atoms with E-state index in [1.54, 1.807) is 29.3 Å². The Hall–Kier alpha value is -3.59. The van der Waals surface area contributed by atoms with E-state index >= 15 is 0 Å². The highest BCUT2D eigenvalue weighted by Crippen LogP contribution is 2.34. The van der Waals surface area contributed by atoms with Crippen LogP contribution in [-0.2, 0) is 16.4 Å². The SMILES string of the molecule is COc1ccc(S(=O)(=O)N2CCc3ccccc32)cc1C(=O)Nc1cccnc1N(C)C. The molecule has 1 N–H and O–H groups in total. The number of carbonyl (C=O) groups is 1. The predicted octanol–water partition coefficient (Wildman–Crippen LogP) is 3.16. The van der Waals surface area contributed by atoms with Crippen LogP contribution in [-0.4, -0.2) is 47.1 Å². The van der Waals surface area contributed by atoms with Crippen molar-refractivity contribution < 1.29 is 17.9 Å². The second-order valence-electron chi connectivity index (χ2n) is 7.54. The molecule has 0 spiro atoms. The van der Waals surface area contributed by atoms with Crippen LogP contribution in [0.3, 0.4) is 0 Å². The summed E-state index contributed by atoms with van der Waals surface area (Å²) in [6, 6.07) is 15.2. The number of carbonyl (C=O) groups excluding carboxylic acids is 1. The van der Waals surface area contributed by atoms with Gasteiger partial charge in [-0.3, -0.25) is 9.10 Å². The highest BCUT2D eigenvalue weighted by atomic mass is 32.2. The fourth-order valence-electron chi connectivity index (χ4n) is 3.75. The second-order valence-corrected chi connectivity index (χ2v) is 9.40. The summed E-state index contributed by atoms with van der Waals surface area (Å²) in [7, 11) is 1.22. The third-order valence-corrected chi connectivity index (χ3v) is 7.12. The van der Waals surface area contributed by atoms with Crippen LogP contribution in [0.15, 0.2) is 65.7 Å². The van der Waals surface area contributed by atoms with Crippen molar-refractivity contribution in [3.63, 3.8) is 0 Å². The average Bonchev–Trinajstić information content (AvgIpc) is 3.24. The zero-order valence-corrected chi connectivity index (χ0v) is 18.9. The zero-order valence-electron chi connectivity index (χ0n) is 18.1. The predicted molar refractivity (Wildman–Crippen MR) is 124 cm³/mol. The van der Waals surface area contributed by atoms with E-state index in [9.17, 15) is 13.2 Å². The summed E-state index contributed by atoms with van der Waals surface area (Å²) in [5.74, 6) is 0.368. The minimum absolute atomic E-state index is 0.0270. The van der Waals surface area contributed by atoms with Gasteiger partial charge in [0, 0.05) is 26.8 Å². The lowest BCUT2D eigenvalue weighted by Crippen LogP contribution is -2.29. The van der Waals surface area contributed by atoms with Gasteiger partial charge in [-0.25, -0.2) is 13.4 Å². The summed E-state index contributed by atoms with van der Waals surface area (Å²) in [4.78, 5) is 19.2. The number of sulfonamides is 1. The number of nitrogens with one attached hydrogen (secondary N) is 1. The van der Waals surface area contributed by atoms with Crippen molar-refractivity contribution in [2.45, 2.75) is 11.3 Å². The van der Waals surface area contributed by atoms with Gasteiger partial charge >= 0.3 is 0 Å². The lowest BCUT2D eigenvalue weighted by Gasteiger charge is -2.21. The van der Waals surface area contributed by atoms with Crippen LogP contribution in [0.4, 0.5) is 17.2 Å². The summed E-state index contributed by atoms with van der Waals surface area (Å²) in [5, 5.41) is 2.82. The van der Waals surface area contributed by atoms with E-state index in [2.05, 4.69) is 10.3 Å². The molecule has 4 rings (SSSR count). The summed E-state index contributed by atoms with van der Waals surface area (Å²) in [6.45, 7) is 0.358. The molecule has 0 bridgehead atoms. The van der Waals surface area contributed by atoms with Crippen molar-refractivity contribution in [1.82, 2.24) is 4.98 Å². The van der Waals surface area contributed by atoms with Crippen LogP contribution in [0, 0.1) is 0 Å². The van der Waals surface area contributed by atoms with Gasteiger partial charge in [0.2, 0.25) is 0 Å². The maximum atomic E-state index is 13.4. The fraction of sp³-hybridized carbons (Fsp3) is 0.217. The number of hydrogen-bond donors (Lipinski definition) is 1.